The minimum Gasteiger partial charge on any atom is -0.493 e. The lowest BCUT2D eigenvalue weighted by Gasteiger charge is -2.20. The zero-order valence-corrected chi connectivity index (χ0v) is 15.0. The summed E-state index contributed by atoms with van der Waals surface area (Å²) in [5.41, 5.74) is 3.24. The molecule has 0 atom stereocenters. The van der Waals surface area contributed by atoms with Crippen molar-refractivity contribution in [3.8, 4) is 17.2 Å². The van der Waals surface area contributed by atoms with Gasteiger partial charge in [-0.05, 0) is 35.6 Å². The second-order valence-electron chi connectivity index (χ2n) is 6.21. The fourth-order valence-electron chi connectivity index (χ4n) is 3.38. The topological polar surface area (TPSA) is 40.0 Å². The van der Waals surface area contributed by atoms with Gasteiger partial charge in [0.05, 0.1) is 19.9 Å². The Morgan fingerprint density at radius 1 is 0.885 bits per heavy atom. The van der Waals surface area contributed by atoms with Crippen LogP contribution in [-0.4, -0.2) is 33.1 Å². The fraction of sp³-hybridized carbons (Fsp3) is 0.227. The lowest BCUT2D eigenvalue weighted by atomic mass is 9.97. The van der Waals surface area contributed by atoms with Crippen molar-refractivity contribution in [3.63, 3.8) is 0 Å². The smallest absolute Gasteiger partial charge is 0.161 e. The molecule has 0 bridgehead atoms. The highest BCUT2D eigenvalue weighted by Crippen LogP contribution is 2.33. The number of rotatable bonds is 5. The first kappa shape index (κ1) is 16.5. The molecule has 0 aromatic heterocycles. The quantitative estimate of drug-likeness (QED) is 0.691. The van der Waals surface area contributed by atoms with Crippen molar-refractivity contribution in [2.45, 2.75) is 6.42 Å². The number of aliphatic imine (C=N–C) groups is 1. The van der Waals surface area contributed by atoms with E-state index in [1.807, 2.05) is 36.4 Å². The van der Waals surface area contributed by atoms with Gasteiger partial charge in [-0.1, -0.05) is 36.4 Å². The molecule has 0 amide bonds. The molecule has 132 valence electrons. The van der Waals surface area contributed by atoms with Gasteiger partial charge in [0, 0.05) is 17.5 Å². The number of hydrogen-bond donors (Lipinski definition) is 0. The molecule has 0 fully saturated rings. The predicted octanol–water partition coefficient (Wildman–Crippen LogP) is 4.28. The summed E-state index contributed by atoms with van der Waals surface area (Å²) in [4.78, 5) is 4.69. The summed E-state index contributed by atoms with van der Waals surface area (Å²) in [5, 5.41) is 2.28. The van der Waals surface area contributed by atoms with E-state index in [4.69, 9.17) is 19.2 Å². The third-order valence-corrected chi connectivity index (χ3v) is 4.72. The zero-order chi connectivity index (χ0) is 17.9. The average molecular weight is 347 g/mol. The molecule has 3 aromatic carbocycles. The minimum atomic E-state index is 0.427. The molecule has 0 unspecified atom stereocenters. The molecular formula is C22H21NO3. The van der Waals surface area contributed by atoms with E-state index in [1.165, 1.54) is 10.9 Å². The van der Waals surface area contributed by atoms with Gasteiger partial charge in [-0.15, -0.1) is 0 Å². The summed E-state index contributed by atoms with van der Waals surface area (Å²) in [7, 11) is 3.31. The summed E-state index contributed by atoms with van der Waals surface area (Å²) < 4.78 is 17.0. The Kier molecular flexibility index (Phi) is 4.48. The molecule has 3 aromatic rings. The van der Waals surface area contributed by atoms with Crippen molar-refractivity contribution in [1.29, 1.82) is 0 Å². The van der Waals surface area contributed by atoms with Gasteiger partial charge in [0.25, 0.3) is 0 Å². The lowest BCUT2D eigenvalue weighted by molar-refractivity contribution is 0.354. The molecule has 0 saturated heterocycles. The SMILES string of the molecule is COc1cc2c(cc1OC)C(COc1cccc3ccccc13)=NCC2. The van der Waals surface area contributed by atoms with Crippen LogP contribution >= 0.6 is 0 Å². The molecule has 4 nitrogen and oxygen atoms in total. The first-order valence-electron chi connectivity index (χ1n) is 8.69. The van der Waals surface area contributed by atoms with E-state index >= 15 is 0 Å². The van der Waals surface area contributed by atoms with Crippen LogP contribution in [0.3, 0.4) is 0 Å². The van der Waals surface area contributed by atoms with Gasteiger partial charge in [0.1, 0.15) is 12.4 Å². The summed E-state index contributed by atoms with van der Waals surface area (Å²) in [6, 6.07) is 18.4. The molecule has 4 rings (SSSR count). The number of nitrogens with zero attached hydrogens (tertiary/aromatic N) is 1. The molecule has 4 heteroatoms. The first-order valence-corrected chi connectivity index (χ1v) is 8.69. The highest BCUT2D eigenvalue weighted by molar-refractivity contribution is 6.04. The van der Waals surface area contributed by atoms with Crippen molar-refractivity contribution in [2.24, 2.45) is 4.99 Å². The molecule has 0 N–H and O–H groups in total. The third kappa shape index (κ3) is 2.99. The minimum absolute atomic E-state index is 0.427. The van der Waals surface area contributed by atoms with Gasteiger partial charge in [-0.25, -0.2) is 0 Å². The molecule has 1 aliphatic rings. The molecule has 1 heterocycles. The van der Waals surface area contributed by atoms with Crippen LogP contribution in [-0.2, 0) is 6.42 Å². The van der Waals surface area contributed by atoms with Gasteiger partial charge in [-0.2, -0.15) is 0 Å². The number of benzene rings is 3. The van der Waals surface area contributed by atoms with Gasteiger partial charge < -0.3 is 14.2 Å². The molecule has 0 saturated carbocycles. The Labute approximate surface area is 153 Å². The summed E-state index contributed by atoms with van der Waals surface area (Å²) in [6.07, 6.45) is 0.896. The monoisotopic (exact) mass is 347 g/mol. The van der Waals surface area contributed by atoms with Gasteiger partial charge >= 0.3 is 0 Å². The molecular weight excluding hydrogens is 326 g/mol. The van der Waals surface area contributed by atoms with Gasteiger partial charge in [-0.3, -0.25) is 4.99 Å². The molecule has 0 radical (unpaired) electrons. The predicted molar refractivity (Wildman–Crippen MR) is 104 cm³/mol. The van der Waals surface area contributed by atoms with Crippen LogP contribution in [0.15, 0.2) is 59.6 Å². The van der Waals surface area contributed by atoms with E-state index in [2.05, 4.69) is 18.2 Å². The maximum absolute atomic E-state index is 6.14. The van der Waals surface area contributed by atoms with Crippen LogP contribution in [0.25, 0.3) is 10.8 Å². The van der Waals surface area contributed by atoms with E-state index in [0.717, 1.165) is 41.1 Å². The summed E-state index contributed by atoms with van der Waals surface area (Å²) in [5.74, 6) is 2.34. The number of hydrogen-bond acceptors (Lipinski definition) is 4. The number of ether oxygens (including phenoxy) is 3. The van der Waals surface area contributed by atoms with Crippen LogP contribution < -0.4 is 14.2 Å². The maximum atomic E-state index is 6.14. The Bertz CT molecular complexity index is 973. The van der Waals surface area contributed by atoms with E-state index in [-0.39, 0.29) is 0 Å². The second-order valence-corrected chi connectivity index (χ2v) is 6.21. The van der Waals surface area contributed by atoms with Crippen LogP contribution in [0.5, 0.6) is 17.2 Å². The molecule has 0 aliphatic carbocycles. The van der Waals surface area contributed by atoms with Gasteiger partial charge in [0.2, 0.25) is 0 Å². The highest BCUT2D eigenvalue weighted by Gasteiger charge is 2.19. The molecule has 26 heavy (non-hydrogen) atoms. The Hall–Kier alpha value is -3.01. The Morgan fingerprint density at radius 2 is 1.65 bits per heavy atom. The highest BCUT2D eigenvalue weighted by atomic mass is 16.5. The van der Waals surface area contributed by atoms with Crippen LogP contribution in [0, 0.1) is 0 Å². The Balaban J connectivity index is 1.63. The fourth-order valence-corrected chi connectivity index (χ4v) is 3.38. The number of methoxy groups -OCH3 is 2. The van der Waals surface area contributed by atoms with Gasteiger partial charge in [0.15, 0.2) is 11.5 Å². The zero-order valence-electron chi connectivity index (χ0n) is 15.0. The van der Waals surface area contributed by atoms with Crippen molar-refractivity contribution >= 4 is 16.5 Å². The standard InChI is InChI=1S/C22H21NO3/c1-24-21-12-16-10-11-23-19(18(16)13-22(21)25-2)14-26-20-9-5-7-15-6-3-4-8-17(15)20/h3-9,12-13H,10-11,14H2,1-2H3. The van der Waals surface area contributed by atoms with E-state index in [0.29, 0.717) is 12.4 Å². The first-order chi connectivity index (χ1) is 12.8. The van der Waals surface area contributed by atoms with Crippen molar-refractivity contribution in [2.75, 3.05) is 27.4 Å². The van der Waals surface area contributed by atoms with E-state index in [1.54, 1.807) is 14.2 Å². The number of fused-ring (bicyclic) bond motifs is 2. The molecule has 1 aliphatic heterocycles. The maximum Gasteiger partial charge on any atom is 0.161 e. The summed E-state index contributed by atoms with van der Waals surface area (Å²) in [6.45, 7) is 1.19. The normalized spacial score (nSPS) is 13.1. The van der Waals surface area contributed by atoms with Crippen LogP contribution in [0.1, 0.15) is 11.1 Å². The van der Waals surface area contributed by atoms with Crippen LogP contribution in [0.2, 0.25) is 0 Å². The van der Waals surface area contributed by atoms with E-state index in [9.17, 15) is 0 Å². The largest absolute Gasteiger partial charge is 0.493 e. The summed E-state index contributed by atoms with van der Waals surface area (Å²) >= 11 is 0. The van der Waals surface area contributed by atoms with Crippen molar-refractivity contribution < 1.29 is 14.2 Å². The lowest BCUT2D eigenvalue weighted by Crippen LogP contribution is -2.20. The average Bonchev–Trinajstić information content (AvgIpc) is 2.71. The van der Waals surface area contributed by atoms with E-state index < -0.39 is 0 Å². The Morgan fingerprint density at radius 3 is 2.50 bits per heavy atom. The molecule has 0 spiro atoms. The van der Waals surface area contributed by atoms with Crippen LogP contribution in [0.4, 0.5) is 0 Å². The third-order valence-electron chi connectivity index (χ3n) is 4.72. The second kappa shape index (κ2) is 7.08. The van der Waals surface area contributed by atoms with Crippen molar-refractivity contribution in [3.05, 3.63) is 65.7 Å². The van der Waals surface area contributed by atoms with Crippen molar-refractivity contribution in [1.82, 2.24) is 0 Å².